The topological polar surface area (TPSA) is 89.8 Å². The normalized spacial score (nSPS) is 12.2. The molecule has 0 fully saturated rings. The van der Waals surface area contributed by atoms with Gasteiger partial charge in [0, 0.05) is 6.54 Å². The van der Waals surface area contributed by atoms with Crippen molar-refractivity contribution in [2.45, 2.75) is 84.0 Å². The first kappa shape index (κ1) is 26.2. The molecule has 0 aliphatic carbocycles. The van der Waals surface area contributed by atoms with Crippen LogP contribution in [0.3, 0.4) is 0 Å². The summed E-state index contributed by atoms with van der Waals surface area (Å²) in [7, 11) is -3.88. The third-order valence-corrected chi connectivity index (χ3v) is 4.40. The summed E-state index contributed by atoms with van der Waals surface area (Å²) in [6, 6.07) is 0. The van der Waals surface area contributed by atoms with E-state index in [1.807, 2.05) is 0 Å². The maximum atomic E-state index is 11.5. The number of nitrogens with zero attached hydrogens (tertiary/aromatic N) is 1. The van der Waals surface area contributed by atoms with Crippen LogP contribution in [0.4, 0.5) is 0 Å². The van der Waals surface area contributed by atoms with Gasteiger partial charge in [-0.1, -0.05) is 58.3 Å². The fourth-order valence-corrected chi connectivity index (χ4v) is 2.83. The van der Waals surface area contributed by atoms with Gasteiger partial charge in [-0.15, -0.1) is 0 Å². The Hall–Kier alpha value is 1.02. The van der Waals surface area contributed by atoms with E-state index in [0.717, 1.165) is 12.8 Å². The zero-order valence-corrected chi connectivity index (χ0v) is 18.9. The van der Waals surface area contributed by atoms with Crippen LogP contribution in [0.25, 0.3) is 0 Å². The molecule has 0 aromatic heterocycles. The summed E-state index contributed by atoms with van der Waals surface area (Å²) in [4.78, 5) is 3.90. The quantitative estimate of drug-likeness (QED) is 0.147. The molecule has 0 amide bonds. The minimum absolute atomic E-state index is 0. The van der Waals surface area contributed by atoms with Crippen LogP contribution >= 0.6 is 0 Å². The summed E-state index contributed by atoms with van der Waals surface area (Å²) >= 11 is 0. The molecule has 0 heterocycles. The van der Waals surface area contributed by atoms with Gasteiger partial charge in [-0.2, -0.15) is 8.42 Å². The van der Waals surface area contributed by atoms with Gasteiger partial charge in [-0.25, -0.2) is 0 Å². The SMILES string of the molecule is CCCCCCCCCCCC([O-])=NCCCCS(=O)(=O)O.[K+]. The van der Waals surface area contributed by atoms with Crippen molar-refractivity contribution in [1.82, 2.24) is 0 Å². The van der Waals surface area contributed by atoms with Crippen LogP contribution < -0.4 is 56.5 Å². The molecule has 7 heteroatoms. The predicted molar refractivity (Wildman–Crippen MR) is 89.8 cm³/mol. The number of aliphatic imine (C=N–C) groups is 1. The molecule has 0 aliphatic rings. The van der Waals surface area contributed by atoms with Gasteiger partial charge < -0.3 is 10.1 Å². The average Bonchev–Trinajstić information content (AvgIpc) is 2.44. The summed E-state index contributed by atoms with van der Waals surface area (Å²) in [5.74, 6) is -0.343. The second kappa shape index (κ2) is 17.8. The first-order chi connectivity index (χ1) is 10.5. The van der Waals surface area contributed by atoms with Gasteiger partial charge in [-0.05, 0) is 31.6 Å². The van der Waals surface area contributed by atoms with Gasteiger partial charge in [0.15, 0.2) is 0 Å². The van der Waals surface area contributed by atoms with Crippen LogP contribution in [0.5, 0.6) is 0 Å². The number of hydrogen-bond acceptors (Lipinski definition) is 4. The molecule has 0 radical (unpaired) electrons. The van der Waals surface area contributed by atoms with Crippen molar-refractivity contribution in [2.75, 3.05) is 12.3 Å². The van der Waals surface area contributed by atoms with Crippen LogP contribution in [0.1, 0.15) is 84.0 Å². The smallest absolute Gasteiger partial charge is 0.862 e. The Balaban J connectivity index is 0. The molecule has 0 unspecified atom stereocenters. The number of unbranched alkanes of at least 4 members (excludes halogenated alkanes) is 9. The number of hydrogen-bond donors (Lipinski definition) is 1. The molecule has 23 heavy (non-hydrogen) atoms. The van der Waals surface area contributed by atoms with Crippen molar-refractivity contribution in [1.29, 1.82) is 0 Å². The first-order valence-corrected chi connectivity index (χ1v) is 10.2. The van der Waals surface area contributed by atoms with E-state index in [2.05, 4.69) is 11.9 Å². The molecule has 0 spiro atoms. The Kier molecular flexibility index (Phi) is 20.3. The van der Waals surface area contributed by atoms with E-state index in [9.17, 15) is 13.5 Å². The van der Waals surface area contributed by atoms with E-state index < -0.39 is 10.1 Å². The second-order valence-electron chi connectivity index (χ2n) is 5.85. The molecule has 0 atom stereocenters. The van der Waals surface area contributed by atoms with E-state index >= 15 is 0 Å². The van der Waals surface area contributed by atoms with Crippen molar-refractivity contribution in [3.63, 3.8) is 0 Å². The van der Waals surface area contributed by atoms with Gasteiger partial charge in [0.25, 0.3) is 10.1 Å². The van der Waals surface area contributed by atoms with Crippen LogP contribution in [0.2, 0.25) is 0 Å². The first-order valence-electron chi connectivity index (χ1n) is 8.61. The maximum Gasteiger partial charge on any atom is 1.00 e. The van der Waals surface area contributed by atoms with Gasteiger partial charge in [0.05, 0.1) is 5.75 Å². The summed E-state index contributed by atoms with van der Waals surface area (Å²) in [5.41, 5.74) is 0. The van der Waals surface area contributed by atoms with Gasteiger partial charge >= 0.3 is 51.4 Å². The van der Waals surface area contributed by atoms with Crippen LogP contribution in [-0.4, -0.2) is 31.2 Å². The summed E-state index contributed by atoms with van der Waals surface area (Å²) in [5, 5.41) is 11.5. The molecule has 0 aromatic carbocycles. The summed E-state index contributed by atoms with van der Waals surface area (Å²) < 4.78 is 29.5. The van der Waals surface area contributed by atoms with Gasteiger partial charge in [0.1, 0.15) is 0 Å². The molecule has 0 saturated heterocycles. The molecule has 0 aliphatic heterocycles. The number of rotatable bonds is 15. The molecule has 5 nitrogen and oxygen atoms in total. The maximum absolute atomic E-state index is 11.5. The summed E-state index contributed by atoms with van der Waals surface area (Å²) in [6.45, 7) is 2.57. The van der Waals surface area contributed by atoms with Crippen LogP contribution in [0, 0.1) is 0 Å². The Bertz CT molecular complexity index is 386. The third kappa shape index (κ3) is 23.0. The van der Waals surface area contributed by atoms with Crippen molar-refractivity contribution >= 4 is 16.0 Å². The van der Waals surface area contributed by atoms with Crippen molar-refractivity contribution in [3.05, 3.63) is 0 Å². The molecular weight excluding hydrogens is 341 g/mol. The molecule has 0 rings (SSSR count). The fraction of sp³-hybridized carbons (Fsp3) is 0.938. The zero-order valence-electron chi connectivity index (χ0n) is 14.9. The Labute approximate surface area is 184 Å². The van der Waals surface area contributed by atoms with E-state index in [4.69, 9.17) is 4.55 Å². The predicted octanol–water partition coefficient (Wildman–Crippen LogP) is 0.338. The molecule has 0 saturated carbocycles. The standard InChI is InChI=1S/C16H33NO4S.K/c1-2-3-4-5-6-7-8-9-10-13-16(18)17-14-11-12-15-22(19,20)21;/h2-15H2,1H3,(H,17,18)(H,19,20,21);/q;+1/p-1. The van der Waals surface area contributed by atoms with E-state index in [0.29, 0.717) is 25.8 Å². The molecule has 132 valence electrons. The largest absolute Gasteiger partial charge is 1.00 e. The zero-order chi connectivity index (χ0) is 16.7. The van der Waals surface area contributed by atoms with Crippen molar-refractivity contribution < 1.29 is 69.5 Å². The summed E-state index contributed by atoms with van der Waals surface area (Å²) in [6.07, 6.45) is 12.3. The second-order valence-corrected chi connectivity index (χ2v) is 7.42. The monoisotopic (exact) mass is 373 g/mol. The Morgan fingerprint density at radius 2 is 1.43 bits per heavy atom. The minimum Gasteiger partial charge on any atom is -0.862 e. The van der Waals surface area contributed by atoms with E-state index in [-0.39, 0.29) is 63.0 Å². The van der Waals surface area contributed by atoms with Crippen molar-refractivity contribution in [3.8, 4) is 0 Å². The Morgan fingerprint density at radius 3 is 1.96 bits per heavy atom. The van der Waals surface area contributed by atoms with Crippen LogP contribution in [0.15, 0.2) is 4.99 Å². The van der Waals surface area contributed by atoms with Gasteiger partial charge in [-0.3, -0.25) is 4.55 Å². The van der Waals surface area contributed by atoms with E-state index in [1.165, 1.54) is 44.9 Å². The van der Waals surface area contributed by atoms with E-state index in [1.54, 1.807) is 0 Å². The molecular formula is C16H32KNO4S. The van der Waals surface area contributed by atoms with Crippen molar-refractivity contribution in [2.24, 2.45) is 4.99 Å². The van der Waals surface area contributed by atoms with Crippen LogP contribution in [-0.2, 0) is 10.1 Å². The third-order valence-electron chi connectivity index (χ3n) is 3.59. The molecule has 1 N–H and O–H groups in total. The molecule has 0 bridgehead atoms. The fourth-order valence-electron chi connectivity index (χ4n) is 2.27. The van der Waals surface area contributed by atoms with Gasteiger partial charge in [0.2, 0.25) is 0 Å². The molecule has 0 aromatic rings. The minimum atomic E-state index is -3.88. The average molecular weight is 374 g/mol. The Morgan fingerprint density at radius 1 is 0.913 bits per heavy atom.